The normalized spacial score (nSPS) is 20.7. The number of carbonyl (C=O) groups excluding carboxylic acids is 4. The highest BCUT2D eigenvalue weighted by Gasteiger charge is 2.44. The van der Waals surface area contributed by atoms with Crippen LogP contribution in [-0.4, -0.2) is 47.4 Å². The first kappa shape index (κ1) is 17.1. The Kier molecular flexibility index (Phi) is 4.57. The molecule has 2 aliphatic heterocycles. The third-order valence-corrected chi connectivity index (χ3v) is 4.25. The van der Waals surface area contributed by atoms with Crippen molar-refractivity contribution in [2.24, 2.45) is 5.92 Å². The maximum absolute atomic E-state index is 12.6. The molecule has 0 aliphatic carbocycles. The van der Waals surface area contributed by atoms with E-state index in [4.69, 9.17) is 9.47 Å². The van der Waals surface area contributed by atoms with Gasteiger partial charge in [0, 0.05) is 6.42 Å². The Hall–Kier alpha value is -2.70. The van der Waals surface area contributed by atoms with E-state index in [2.05, 4.69) is 0 Å². The van der Waals surface area contributed by atoms with Gasteiger partial charge in [0.1, 0.15) is 6.04 Å². The fraction of sp³-hybridized carbons (Fsp3) is 0.444. The highest BCUT2D eigenvalue weighted by atomic mass is 16.6. The lowest BCUT2D eigenvalue weighted by atomic mass is 10.0. The van der Waals surface area contributed by atoms with Crippen LogP contribution in [0.1, 0.15) is 47.4 Å². The van der Waals surface area contributed by atoms with E-state index in [1.54, 1.807) is 24.3 Å². The van der Waals surface area contributed by atoms with E-state index in [9.17, 15) is 19.2 Å². The van der Waals surface area contributed by atoms with E-state index in [-0.39, 0.29) is 36.5 Å². The van der Waals surface area contributed by atoms with Crippen molar-refractivity contribution in [2.75, 3.05) is 6.61 Å². The molecule has 2 atom stereocenters. The molecular formula is C18H19NO6. The van der Waals surface area contributed by atoms with Crippen LogP contribution in [0.25, 0.3) is 0 Å². The third kappa shape index (κ3) is 3.14. The molecule has 1 aromatic rings. The summed E-state index contributed by atoms with van der Waals surface area (Å²) in [6, 6.07) is 5.37. The van der Waals surface area contributed by atoms with E-state index in [1.165, 1.54) is 0 Å². The molecule has 2 aliphatic rings. The second-order valence-electron chi connectivity index (χ2n) is 6.55. The lowest BCUT2D eigenvalue weighted by Gasteiger charge is -2.26. The van der Waals surface area contributed by atoms with Crippen molar-refractivity contribution in [1.82, 2.24) is 4.90 Å². The number of nitrogens with zero attached hydrogens (tertiary/aromatic N) is 1. The number of benzene rings is 1. The number of hydrogen-bond donors (Lipinski definition) is 0. The van der Waals surface area contributed by atoms with E-state index >= 15 is 0 Å². The Morgan fingerprint density at radius 2 is 1.80 bits per heavy atom. The number of ether oxygens (including phenoxy) is 2. The number of amides is 2. The Bertz CT molecular complexity index is 706. The molecule has 25 heavy (non-hydrogen) atoms. The zero-order valence-electron chi connectivity index (χ0n) is 14.1. The van der Waals surface area contributed by atoms with Crippen molar-refractivity contribution in [1.29, 1.82) is 0 Å². The molecule has 0 spiro atoms. The van der Waals surface area contributed by atoms with Gasteiger partial charge in [-0.05, 0) is 24.5 Å². The van der Waals surface area contributed by atoms with Crippen LogP contribution in [-0.2, 0) is 19.1 Å². The summed E-state index contributed by atoms with van der Waals surface area (Å²) >= 11 is 0. The van der Waals surface area contributed by atoms with Crippen molar-refractivity contribution in [3.63, 3.8) is 0 Å². The summed E-state index contributed by atoms with van der Waals surface area (Å²) in [7, 11) is 0. The predicted octanol–water partition coefficient (Wildman–Crippen LogP) is 1.56. The van der Waals surface area contributed by atoms with Crippen molar-refractivity contribution in [3.8, 4) is 0 Å². The summed E-state index contributed by atoms with van der Waals surface area (Å²) in [5.41, 5.74) is 0.545. The number of carbonyl (C=O) groups is 4. The van der Waals surface area contributed by atoms with Crippen LogP contribution in [0.2, 0.25) is 0 Å². The molecule has 2 heterocycles. The molecule has 7 nitrogen and oxygen atoms in total. The van der Waals surface area contributed by atoms with E-state index < -0.39 is 35.9 Å². The van der Waals surface area contributed by atoms with Gasteiger partial charge in [-0.1, -0.05) is 26.0 Å². The van der Waals surface area contributed by atoms with Crippen LogP contribution >= 0.6 is 0 Å². The van der Waals surface area contributed by atoms with Gasteiger partial charge in [-0.15, -0.1) is 0 Å². The Balaban J connectivity index is 1.86. The summed E-state index contributed by atoms with van der Waals surface area (Å²) in [5.74, 6) is -2.35. The van der Waals surface area contributed by atoms with Gasteiger partial charge in [0.25, 0.3) is 11.8 Å². The Morgan fingerprint density at radius 1 is 1.20 bits per heavy atom. The van der Waals surface area contributed by atoms with E-state index in [1.807, 2.05) is 13.8 Å². The fourth-order valence-electron chi connectivity index (χ4n) is 3.05. The number of fused-ring (bicyclic) bond motifs is 1. The van der Waals surface area contributed by atoms with Gasteiger partial charge in [0.05, 0.1) is 17.7 Å². The topological polar surface area (TPSA) is 90.0 Å². The van der Waals surface area contributed by atoms with Crippen LogP contribution in [0.3, 0.4) is 0 Å². The lowest BCUT2D eigenvalue weighted by molar-refractivity contribution is -0.163. The quantitative estimate of drug-likeness (QED) is 0.594. The van der Waals surface area contributed by atoms with E-state index in [0.717, 1.165) is 4.90 Å². The molecule has 1 saturated heterocycles. The zero-order chi connectivity index (χ0) is 18.1. The molecule has 0 aromatic heterocycles. The average Bonchev–Trinajstić information content (AvgIpc) is 3.08. The minimum atomic E-state index is -1.07. The average molecular weight is 345 g/mol. The molecule has 132 valence electrons. The number of imide groups is 1. The molecule has 1 fully saturated rings. The minimum absolute atomic E-state index is 0.0393. The summed E-state index contributed by atoms with van der Waals surface area (Å²) < 4.78 is 10.0. The van der Waals surface area contributed by atoms with Gasteiger partial charge in [0.2, 0.25) is 6.10 Å². The Labute approximate surface area is 144 Å². The summed E-state index contributed by atoms with van der Waals surface area (Å²) in [6.45, 7) is 3.95. The second-order valence-corrected chi connectivity index (χ2v) is 6.55. The molecule has 2 amide bonds. The smallest absolute Gasteiger partial charge is 0.347 e. The summed E-state index contributed by atoms with van der Waals surface area (Å²) in [4.78, 5) is 50.4. The molecule has 1 aromatic carbocycles. The summed E-state index contributed by atoms with van der Waals surface area (Å²) in [6.07, 6.45) is -0.440. The highest BCUT2D eigenvalue weighted by molar-refractivity contribution is 6.22. The molecule has 3 rings (SSSR count). The van der Waals surface area contributed by atoms with Gasteiger partial charge in [0.15, 0.2) is 0 Å². The molecule has 0 saturated carbocycles. The van der Waals surface area contributed by atoms with Crippen molar-refractivity contribution in [3.05, 3.63) is 35.4 Å². The third-order valence-electron chi connectivity index (χ3n) is 4.25. The first-order valence-corrected chi connectivity index (χ1v) is 8.24. The van der Waals surface area contributed by atoms with Gasteiger partial charge in [-0.25, -0.2) is 9.59 Å². The Morgan fingerprint density at radius 3 is 2.28 bits per heavy atom. The van der Waals surface area contributed by atoms with Crippen LogP contribution in [0, 0.1) is 5.92 Å². The minimum Gasteiger partial charge on any atom is -0.463 e. The van der Waals surface area contributed by atoms with Gasteiger partial charge < -0.3 is 9.47 Å². The van der Waals surface area contributed by atoms with Gasteiger partial charge in [-0.2, -0.15) is 0 Å². The molecule has 0 radical (unpaired) electrons. The largest absolute Gasteiger partial charge is 0.463 e. The van der Waals surface area contributed by atoms with Crippen LogP contribution < -0.4 is 0 Å². The number of rotatable bonds is 5. The monoisotopic (exact) mass is 345 g/mol. The maximum atomic E-state index is 12.6. The molecule has 0 N–H and O–H groups in total. The molecule has 0 unspecified atom stereocenters. The summed E-state index contributed by atoms with van der Waals surface area (Å²) in [5, 5.41) is 0. The van der Waals surface area contributed by atoms with E-state index in [0.29, 0.717) is 0 Å². The number of cyclic esters (lactones) is 1. The van der Waals surface area contributed by atoms with Gasteiger partial charge in [-0.3, -0.25) is 14.5 Å². The maximum Gasteiger partial charge on any atom is 0.347 e. The molecular weight excluding hydrogens is 326 g/mol. The second kappa shape index (κ2) is 6.66. The number of hydrogen-bond acceptors (Lipinski definition) is 6. The number of esters is 2. The van der Waals surface area contributed by atoms with Crippen molar-refractivity contribution < 1.29 is 28.7 Å². The van der Waals surface area contributed by atoms with Crippen molar-refractivity contribution in [2.45, 2.75) is 38.8 Å². The SMILES string of the molecule is CC(C)C[C@H](C(=O)O[C@@H]1CCOC1=O)N1C(=O)c2ccccc2C1=O. The predicted molar refractivity (Wildman–Crippen MR) is 85.6 cm³/mol. The first-order valence-electron chi connectivity index (χ1n) is 8.24. The standard InChI is InChI=1S/C18H19NO6/c1-10(2)9-13(17(22)25-14-7-8-24-18(14)23)19-15(20)11-5-3-4-6-12(11)16(19)21/h3-6,10,13-14H,7-9H2,1-2H3/t13-,14-/m1/s1. The van der Waals surface area contributed by atoms with Crippen LogP contribution in [0.5, 0.6) is 0 Å². The molecule has 0 bridgehead atoms. The van der Waals surface area contributed by atoms with Crippen molar-refractivity contribution >= 4 is 23.8 Å². The van der Waals surface area contributed by atoms with Crippen LogP contribution in [0.4, 0.5) is 0 Å². The highest BCUT2D eigenvalue weighted by Crippen LogP contribution is 2.28. The fourth-order valence-corrected chi connectivity index (χ4v) is 3.05. The zero-order valence-corrected chi connectivity index (χ0v) is 14.1. The molecule has 7 heteroatoms. The van der Waals surface area contributed by atoms with Gasteiger partial charge >= 0.3 is 11.9 Å². The first-order chi connectivity index (χ1) is 11.9. The van der Waals surface area contributed by atoms with Crippen LogP contribution in [0.15, 0.2) is 24.3 Å². The lowest BCUT2D eigenvalue weighted by Crippen LogP contribution is -2.47.